The van der Waals surface area contributed by atoms with Gasteiger partial charge in [0, 0.05) is 16.0 Å². The summed E-state index contributed by atoms with van der Waals surface area (Å²) in [7, 11) is 0. The molecule has 0 saturated heterocycles. The number of carboxylic acids is 1. The third kappa shape index (κ3) is 4.96. The first kappa shape index (κ1) is 15.5. The quantitative estimate of drug-likeness (QED) is 0.796. The molecule has 0 amide bonds. The number of hydrogen-bond acceptors (Lipinski definition) is 2. The summed E-state index contributed by atoms with van der Waals surface area (Å²) >= 11 is 9.41. The number of halogens is 2. The normalized spacial score (nSPS) is 12.4. The molecule has 1 atom stereocenters. The number of nitrogens with one attached hydrogen (secondary N) is 1. The van der Waals surface area contributed by atoms with Crippen LogP contribution in [0.3, 0.4) is 0 Å². The van der Waals surface area contributed by atoms with Crippen molar-refractivity contribution in [2.45, 2.75) is 38.8 Å². The van der Waals surface area contributed by atoms with Crippen LogP contribution in [0.15, 0.2) is 22.7 Å². The van der Waals surface area contributed by atoms with Gasteiger partial charge in [-0.3, -0.25) is 4.79 Å². The first-order chi connectivity index (χ1) is 8.54. The summed E-state index contributed by atoms with van der Waals surface area (Å²) in [5, 5.41) is 12.8. The second kappa shape index (κ2) is 7.77. The molecule has 0 bridgehead atoms. The summed E-state index contributed by atoms with van der Waals surface area (Å²) in [5.41, 5.74) is 0.905. The molecule has 0 aromatic heterocycles. The molecule has 0 heterocycles. The Hall–Kier alpha value is -0.580. The van der Waals surface area contributed by atoms with Crippen LogP contribution in [0.4, 0.5) is 0 Å². The highest BCUT2D eigenvalue weighted by molar-refractivity contribution is 9.10. The number of benzene rings is 1. The highest BCUT2D eigenvalue weighted by Crippen LogP contribution is 2.21. The van der Waals surface area contributed by atoms with Crippen molar-refractivity contribution < 1.29 is 9.90 Å². The molecular formula is C13H17BrClNO2. The van der Waals surface area contributed by atoms with Gasteiger partial charge in [0.2, 0.25) is 0 Å². The van der Waals surface area contributed by atoms with E-state index in [-0.39, 0.29) is 0 Å². The lowest BCUT2D eigenvalue weighted by Gasteiger charge is -2.14. The number of hydrogen-bond donors (Lipinski definition) is 2. The van der Waals surface area contributed by atoms with Crippen LogP contribution in [0.2, 0.25) is 5.02 Å². The summed E-state index contributed by atoms with van der Waals surface area (Å²) in [6.07, 6.45) is 2.53. The van der Waals surface area contributed by atoms with E-state index in [2.05, 4.69) is 21.2 Å². The molecule has 0 aliphatic heterocycles. The summed E-state index contributed by atoms with van der Waals surface area (Å²) in [4.78, 5) is 11.1. The van der Waals surface area contributed by atoms with E-state index < -0.39 is 12.0 Å². The average molecular weight is 335 g/mol. The number of unbranched alkanes of at least 4 members (excludes halogenated alkanes) is 1. The van der Waals surface area contributed by atoms with E-state index in [1.165, 1.54) is 0 Å². The fourth-order valence-electron chi connectivity index (χ4n) is 1.62. The number of carboxylic acid groups (broad SMARTS) is 1. The van der Waals surface area contributed by atoms with Gasteiger partial charge in [-0.05, 0) is 24.1 Å². The lowest BCUT2D eigenvalue weighted by molar-refractivity contribution is -0.139. The van der Waals surface area contributed by atoms with E-state index in [0.29, 0.717) is 18.0 Å². The summed E-state index contributed by atoms with van der Waals surface area (Å²) in [6.45, 7) is 2.51. The molecule has 0 spiro atoms. The fraction of sp³-hybridized carbons (Fsp3) is 0.462. The van der Waals surface area contributed by atoms with Gasteiger partial charge in [0.25, 0.3) is 0 Å². The molecule has 0 saturated carbocycles. The zero-order chi connectivity index (χ0) is 13.5. The van der Waals surface area contributed by atoms with Crippen molar-refractivity contribution in [2.24, 2.45) is 0 Å². The van der Waals surface area contributed by atoms with Gasteiger partial charge >= 0.3 is 5.97 Å². The number of aliphatic carboxylic acids is 1. The molecule has 1 aromatic carbocycles. The molecule has 3 nitrogen and oxygen atoms in total. The Morgan fingerprint density at radius 2 is 2.28 bits per heavy atom. The Kier molecular flexibility index (Phi) is 6.68. The van der Waals surface area contributed by atoms with Gasteiger partial charge in [-0.1, -0.05) is 53.4 Å². The summed E-state index contributed by atoms with van der Waals surface area (Å²) < 4.78 is 0.914. The van der Waals surface area contributed by atoms with Gasteiger partial charge < -0.3 is 10.4 Å². The first-order valence-corrected chi connectivity index (χ1v) is 7.11. The molecule has 5 heteroatoms. The van der Waals surface area contributed by atoms with Gasteiger partial charge in [-0.2, -0.15) is 0 Å². The van der Waals surface area contributed by atoms with Crippen molar-refractivity contribution in [1.29, 1.82) is 0 Å². The van der Waals surface area contributed by atoms with Crippen molar-refractivity contribution in [3.05, 3.63) is 33.3 Å². The van der Waals surface area contributed by atoms with Crippen LogP contribution in [-0.4, -0.2) is 17.1 Å². The minimum Gasteiger partial charge on any atom is -0.480 e. The van der Waals surface area contributed by atoms with Crippen LogP contribution >= 0.6 is 27.5 Å². The van der Waals surface area contributed by atoms with Gasteiger partial charge in [-0.15, -0.1) is 0 Å². The number of carbonyl (C=O) groups is 1. The maximum absolute atomic E-state index is 11.1. The molecule has 18 heavy (non-hydrogen) atoms. The Bertz CT molecular complexity index is 412. The first-order valence-electron chi connectivity index (χ1n) is 5.94. The Labute approximate surface area is 121 Å². The number of rotatable bonds is 7. The van der Waals surface area contributed by atoms with Crippen LogP contribution in [0.1, 0.15) is 31.7 Å². The Balaban J connectivity index is 2.58. The molecule has 1 aromatic rings. The van der Waals surface area contributed by atoms with Crippen LogP contribution < -0.4 is 5.32 Å². The van der Waals surface area contributed by atoms with Crippen LogP contribution in [-0.2, 0) is 11.3 Å². The Morgan fingerprint density at radius 1 is 1.56 bits per heavy atom. The second-order valence-corrected chi connectivity index (χ2v) is 5.47. The molecule has 0 fully saturated rings. The average Bonchev–Trinajstić information content (AvgIpc) is 2.31. The topological polar surface area (TPSA) is 49.3 Å². The third-order valence-electron chi connectivity index (χ3n) is 2.70. The molecule has 0 aliphatic rings. The zero-order valence-electron chi connectivity index (χ0n) is 10.2. The van der Waals surface area contributed by atoms with E-state index in [1.54, 1.807) is 6.07 Å². The maximum atomic E-state index is 11.1. The lowest BCUT2D eigenvalue weighted by Crippen LogP contribution is -2.36. The molecule has 1 unspecified atom stereocenters. The van der Waals surface area contributed by atoms with Gasteiger partial charge in [0.05, 0.1) is 0 Å². The van der Waals surface area contributed by atoms with Crippen LogP contribution in [0.5, 0.6) is 0 Å². The minimum atomic E-state index is -0.809. The highest BCUT2D eigenvalue weighted by Gasteiger charge is 2.16. The van der Waals surface area contributed by atoms with Crippen LogP contribution in [0, 0.1) is 0 Å². The van der Waals surface area contributed by atoms with Crippen molar-refractivity contribution in [2.75, 3.05) is 0 Å². The lowest BCUT2D eigenvalue weighted by atomic mass is 10.1. The van der Waals surface area contributed by atoms with E-state index in [0.717, 1.165) is 22.9 Å². The highest BCUT2D eigenvalue weighted by atomic mass is 79.9. The summed E-state index contributed by atoms with van der Waals surface area (Å²) in [6, 6.07) is 5.08. The monoisotopic (exact) mass is 333 g/mol. The minimum absolute atomic E-state index is 0.465. The van der Waals surface area contributed by atoms with Gasteiger partial charge in [-0.25, -0.2) is 0 Å². The summed E-state index contributed by atoms with van der Waals surface area (Å²) in [5.74, 6) is -0.809. The smallest absolute Gasteiger partial charge is 0.320 e. The van der Waals surface area contributed by atoms with Gasteiger partial charge in [0.15, 0.2) is 0 Å². The maximum Gasteiger partial charge on any atom is 0.320 e. The van der Waals surface area contributed by atoms with Crippen LogP contribution in [0.25, 0.3) is 0 Å². The van der Waals surface area contributed by atoms with Crippen molar-refractivity contribution in [3.8, 4) is 0 Å². The Morgan fingerprint density at radius 3 is 2.83 bits per heavy atom. The van der Waals surface area contributed by atoms with Gasteiger partial charge in [0.1, 0.15) is 6.04 Å². The predicted molar refractivity (Wildman–Crippen MR) is 76.9 cm³/mol. The van der Waals surface area contributed by atoms with E-state index in [4.69, 9.17) is 16.7 Å². The molecule has 2 N–H and O–H groups in total. The largest absolute Gasteiger partial charge is 0.480 e. The molecule has 100 valence electrons. The molecular weight excluding hydrogens is 318 g/mol. The zero-order valence-corrected chi connectivity index (χ0v) is 12.6. The standard InChI is InChI=1S/C13H17BrClNO2/c1-2-3-4-12(13(17)18)16-8-9-5-6-10(14)7-11(9)15/h5-7,12,16H,2-4,8H2,1H3,(H,17,18). The SMILES string of the molecule is CCCCC(NCc1ccc(Br)cc1Cl)C(=O)O. The predicted octanol–water partition coefficient (Wildman–Crippen LogP) is 3.84. The van der Waals surface area contributed by atoms with E-state index in [9.17, 15) is 4.79 Å². The second-order valence-electron chi connectivity index (χ2n) is 4.15. The molecule has 1 rings (SSSR count). The van der Waals surface area contributed by atoms with Crippen molar-refractivity contribution in [1.82, 2.24) is 5.32 Å². The molecule has 0 radical (unpaired) electrons. The fourth-order valence-corrected chi connectivity index (χ4v) is 2.36. The third-order valence-corrected chi connectivity index (χ3v) is 3.54. The van der Waals surface area contributed by atoms with Crippen molar-refractivity contribution >= 4 is 33.5 Å². The van der Waals surface area contributed by atoms with Crippen molar-refractivity contribution in [3.63, 3.8) is 0 Å². The molecule has 0 aliphatic carbocycles. The van der Waals surface area contributed by atoms with E-state index >= 15 is 0 Å². The van der Waals surface area contributed by atoms with E-state index in [1.807, 2.05) is 19.1 Å².